The topological polar surface area (TPSA) is 137 Å². The van der Waals surface area contributed by atoms with Crippen LogP contribution in [0.25, 0.3) is 0 Å². The Hall–Kier alpha value is -3.79. The fourth-order valence-corrected chi connectivity index (χ4v) is 3.67. The second kappa shape index (κ2) is 11.3. The molecule has 36 heavy (non-hydrogen) atoms. The lowest BCUT2D eigenvalue weighted by Gasteiger charge is -2.34. The SMILES string of the molecule is COc1ccc(NC(=O)C(c2ccc(O)cc2)N(C(=O)C(CO)NC(=O)OC(C)(C)C)C2CC2)cc1. The molecule has 1 aliphatic rings. The van der Waals surface area contributed by atoms with Gasteiger partial charge in [0, 0.05) is 11.7 Å². The van der Waals surface area contributed by atoms with Crippen molar-refractivity contribution in [2.75, 3.05) is 19.0 Å². The number of benzene rings is 2. The van der Waals surface area contributed by atoms with Gasteiger partial charge in [-0.3, -0.25) is 9.59 Å². The third-order valence-corrected chi connectivity index (χ3v) is 5.46. The number of aliphatic hydroxyl groups is 1. The largest absolute Gasteiger partial charge is 0.508 e. The number of hydrogen-bond acceptors (Lipinski definition) is 7. The molecule has 2 atom stereocenters. The summed E-state index contributed by atoms with van der Waals surface area (Å²) in [4.78, 5) is 40.9. The molecular weight excluding hydrogens is 466 g/mol. The Balaban J connectivity index is 1.91. The Morgan fingerprint density at radius 2 is 1.67 bits per heavy atom. The molecule has 1 saturated carbocycles. The van der Waals surface area contributed by atoms with Crippen LogP contribution >= 0.6 is 0 Å². The van der Waals surface area contributed by atoms with Gasteiger partial charge in [0.15, 0.2) is 0 Å². The van der Waals surface area contributed by atoms with Crippen molar-refractivity contribution < 1.29 is 34.1 Å². The molecule has 0 radical (unpaired) electrons. The Morgan fingerprint density at radius 3 is 2.17 bits per heavy atom. The summed E-state index contributed by atoms with van der Waals surface area (Å²) >= 11 is 0. The standard InChI is InChI=1S/C26H33N3O7/c1-26(2,3)36-25(34)28-21(15-30)24(33)29(18-9-10-18)22(16-5-11-19(31)12-6-16)23(32)27-17-7-13-20(35-4)14-8-17/h5-8,11-14,18,21-22,30-31H,9-10,15H2,1-4H3,(H,27,32)(H,28,34). The van der Waals surface area contributed by atoms with Gasteiger partial charge in [-0.15, -0.1) is 0 Å². The molecule has 3 rings (SSSR count). The van der Waals surface area contributed by atoms with E-state index in [1.807, 2.05) is 0 Å². The van der Waals surface area contributed by atoms with Crippen molar-refractivity contribution >= 4 is 23.6 Å². The van der Waals surface area contributed by atoms with Crippen LogP contribution in [0, 0.1) is 0 Å². The zero-order valence-corrected chi connectivity index (χ0v) is 20.9. The highest BCUT2D eigenvalue weighted by Gasteiger charge is 2.44. The molecule has 2 aromatic rings. The van der Waals surface area contributed by atoms with Crippen LogP contribution in [0.4, 0.5) is 10.5 Å². The van der Waals surface area contributed by atoms with Crippen molar-refractivity contribution in [3.05, 3.63) is 54.1 Å². The second-order valence-electron chi connectivity index (χ2n) is 9.57. The number of alkyl carbamates (subject to hydrolysis) is 1. The molecule has 0 heterocycles. The Morgan fingerprint density at radius 1 is 1.06 bits per heavy atom. The molecule has 2 unspecified atom stereocenters. The van der Waals surface area contributed by atoms with E-state index in [2.05, 4.69) is 10.6 Å². The third-order valence-electron chi connectivity index (χ3n) is 5.46. The van der Waals surface area contributed by atoms with Crippen molar-refractivity contribution in [2.24, 2.45) is 0 Å². The van der Waals surface area contributed by atoms with Gasteiger partial charge >= 0.3 is 6.09 Å². The van der Waals surface area contributed by atoms with E-state index in [1.165, 1.54) is 24.1 Å². The van der Waals surface area contributed by atoms with Gasteiger partial charge in [0.2, 0.25) is 5.91 Å². The minimum Gasteiger partial charge on any atom is -0.508 e. The number of nitrogens with one attached hydrogen (secondary N) is 2. The smallest absolute Gasteiger partial charge is 0.408 e. The maximum absolute atomic E-state index is 13.6. The first kappa shape index (κ1) is 26.8. The van der Waals surface area contributed by atoms with Crippen LogP contribution in [-0.2, 0) is 14.3 Å². The minimum atomic E-state index is -1.31. The monoisotopic (exact) mass is 499 g/mol. The van der Waals surface area contributed by atoms with Gasteiger partial charge < -0.3 is 35.2 Å². The summed E-state index contributed by atoms with van der Waals surface area (Å²) in [6, 6.07) is 10.1. The lowest BCUT2D eigenvalue weighted by Crippen LogP contribution is -2.54. The van der Waals surface area contributed by atoms with Gasteiger partial charge in [-0.2, -0.15) is 0 Å². The van der Waals surface area contributed by atoms with Crippen molar-refractivity contribution in [3.8, 4) is 11.5 Å². The number of phenols is 1. The van der Waals surface area contributed by atoms with E-state index in [0.29, 0.717) is 29.8 Å². The van der Waals surface area contributed by atoms with Gasteiger partial charge in [0.05, 0.1) is 13.7 Å². The summed E-state index contributed by atoms with van der Waals surface area (Å²) in [6.45, 7) is 4.37. The van der Waals surface area contributed by atoms with Crippen LogP contribution in [-0.4, -0.2) is 64.4 Å². The lowest BCUT2D eigenvalue weighted by atomic mass is 10.0. The highest BCUT2D eigenvalue weighted by Crippen LogP contribution is 2.36. The summed E-state index contributed by atoms with van der Waals surface area (Å²) in [5.41, 5.74) is 0.169. The van der Waals surface area contributed by atoms with Gasteiger partial charge in [0.25, 0.3) is 5.91 Å². The number of carbonyl (C=O) groups excluding carboxylic acids is 3. The van der Waals surface area contributed by atoms with Crippen molar-refractivity contribution in [3.63, 3.8) is 0 Å². The molecule has 0 aliphatic heterocycles. The van der Waals surface area contributed by atoms with E-state index < -0.39 is 42.2 Å². The van der Waals surface area contributed by atoms with Gasteiger partial charge in [0.1, 0.15) is 29.2 Å². The molecule has 4 N–H and O–H groups in total. The minimum absolute atomic E-state index is 0.0113. The van der Waals surface area contributed by atoms with Crippen LogP contribution < -0.4 is 15.4 Å². The number of aliphatic hydroxyl groups excluding tert-OH is 1. The molecule has 0 spiro atoms. The number of amides is 3. The third kappa shape index (κ3) is 7.11. The average Bonchev–Trinajstić information content (AvgIpc) is 3.65. The normalized spacial score (nSPS) is 14.8. The molecule has 10 nitrogen and oxygen atoms in total. The highest BCUT2D eigenvalue weighted by atomic mass is 16.6. The number of phenolic OH excluding ortho intramolecular Hbond substituents is 1. The number of rotatable bonds is 9. The number of methoxy groups -OCH3 is 1. The summed E-state index contributed by atoms with van der Waals surface area (Å²) in [7, 11) is 1.54. The number of nitrogens with zero attached hydrogens (tertiary/aromatic N) is 1. The number of aromatic hydroxyl groups is 1. The molecule has 0 saturated heterocycles. The van der Waals surface area contributed by atoms with Gasteiger partial charge in [-0.05, 0) is 75.6 Å². The van der Waals surface area contributed by atoms with Crippen LogP contribution in [0.15, 0.2) is 48.5 Å². The molecule has 2 aromatic carbocycles. The van der Waals surface area contributed by atoms with E-state index in [1.54, 1.807) is 57.2 Å². The number of ether oxygens (including phenoxy) is 2. The Labute approximate surface area is 210 Å². The lowest BCUT2D eigenvalue weighted by molar-refractivity contribution is -0.142. The maximum atomic E-state index is 13.6. The zero-order valence-electron chi connectivity index (χ0n) is 20.9. The number of carbonyl (C=O) groups is 3. The fourth-order valence-electron chi connectivity index (χ4n) is 3.67. The van der Waals surface area contributed by atoms with E-state index in [4.69, 9.17) is 9.47 Å². The molecule has 10 heteroatoms. The molecule has 3 amide bonds. The molecular formula is C26H33N3O7. The maximum Gasteiger partial charge on any atom is 0.408 e. The summed E-state index contributed by atoms with van der Waals surface area (Å²) in [5, 5.41) is 24.9. The van der Waals surface area contributed by atoms with Crippen molar-refractivity contribution in [1.82, 2.24) is 10.2 Å². The Bertz CT molecular complexity index is 1060. The molecule has 1 aliphatic carbocycles. The van der Waals surface area contributed by atoms with Gasteiger partial charge in [-0.25, -0.2) is 4.79 Å². The van der Waals surface area contributed by atoms with Crippen LogP contribution in [0.5, 0.6) is 11.5 Å². The number of hydrogen-bond donors (Lipinski definition) is 4. The van der Waals surface area contributed by atoms with Gasteiger partial charge in [-0.1, -0.05) is 12.1 Å². The Kier molecular flexibility index (Phi) is 8.41. The molecule has 1 fully saturated rings. The summed E-state index contributed by atoms with van der Waals surface area (Å²) in [5.74, 6) is -0.469. The van der Waals surface area contributed by atoms with Crippen molar-refractivity contribution in [1.29, 1.82) is 0 Å². The second-order valence-corrected chi connectivity index (χ2v) is 9.57. The average molecular weight is 500 g/mol. The summed E-state index contributed by atoms with van der Waals surface area (Å²) in [6.07, 6.45) is 0.482. The molecule has 0 aromatic heterocycles. The first-order valence-electron chi connectivity index (χ1n) is 11.7. The fraction of sp³-hybridized carbons (Fsp3) is 0.423. The molecule has 0 bridgehead atoms. The van der Waals surface area contributed by atoms with E-state index in [-0.39, 0.29) is 11.8 Å². The zero-order chi connectivity index (χ0) is 26.5. The summed E-state index contributed by atoms with van der Waals surface area (Å²) < 4.78 is 10.4. The number of anilines is 1. The first-order chi connectivity index (χ1) is 17.0. The predicted molar refractivity (Wildman–Crippen MR) is 133 cm³/mol. The first-order valence-corrected chi connectivity index (χ1v) is 11.7. The van der Waals surface area contributed by atoms with E-state index >= 15 is 0 Å². The van der Waals surface area contributed by atoms with E-state index in [0.717, 1.165) is 0 Å². The van der Waals surface area contributed by atoms with Crippen LogP contribution in [0.1, 0.15) is 45.2 Å². The van der Waals surface area contributed by atoms with Crippen molar-refractivity contribution in [2.45, 2.75) is 57.3 Å². The van der Waals surface area contributed by atoms with Crippen LogP contribution in [0.3, 0.4) is 0 Å². The highest BCUT2D eigenvalue weighted by molar-refractivity contribution is 5.99. The quantitative estimate of drug-likeness (QED) is 0.416. The molecule has 194 valence electrons. The van der Waals surface area contributed by atoms with E-state index in [9.17, 15) is 24.6 Å². The van der Waals surface area contributed by atoms with Crippen LogP contribution in [0.2, 0.25) is 0 Å². The predicted octanol–water partition coefficient (Wildman–Crippen LogP) is 2.96.